The standard InChI is InChI=1S/C14H21N5S/c1-8-9(2)17-18-14(12(8)13(15)20)16-10-5-6-19(7-10)11-3-4-11/h10-11H,3-7H2,1-2H3,(H2,15,20)(H,16,18). The molecule has 6 heteroatoms. The first kappa shape index (κ1) is 13.7. The zero-order valence-corrected chi connectivity index (χ0v) is 12.8. The molecule has 20 heavy (non-hydrogen) atoms. The van der Waals surface area contributed by atoms with E-state index in [1.165, 1.54) is 19.4 Å². The Morgan fingerprint density at radius 2 is 2.05 bits per heavy atom. The number of anilines is 1. The van der Waals surface area contributed by atoms with Gasteiger partial charge in [0, 0.05) is 25.2 Å². The summed E-state index contributed by atoms with van der Waals surface area (Å²) in [7, 11) is 0. The summed E-state index contributed by atoms with van der Waals surface area (Å²) in [6, 6.07) is 1.24. The number of thiocarbonyl (C=S) groups is 1. The van der Waals surface area contributed by atoms with E-state index in [0.717, 1.165) is 41.6 Å². The summed E-state index contributed by atoms with van der Waals surface area (Å²) in [4.78, 5) is 2.95. The highest BCUT2D eigenvalue weighted by Gasteiger charge is 2.34. The van der Waals surface area contributed by atoms with Gasteiger partial charge < -0.3 is 11.1 Å². The Kier molecular flexibility index (Phi) is 3.60. The van der Waals surface area contributed by atoms with Crippen LogP contribution in [-0.2, 0) is 0 Å². The minimum atomic E-state index is 0.389. The van der Waals surface area contributed by atoms with E-state index in [-0.39, 0.29) is 0 Å². The fraction of sp³-hybridized carbons (Fsp3) is 0.643. The van der Waals surface area contributed by atoms with E-state index in [1.807, 2.05) is 13.8 Å². The van der Waals surface area contributed by atoms with Gasteiger partial charge in [-0.3, -0.25) is 4.90 Å². The topological polar surface area (TPSA) is 67.1 Å². The lowest BCUT2D eigenvalue weighted by Gasteiger charge is -2.18. The van der Waals surface area contributed by atoms with Crippen LogP contribution >= 0.6 is 12.2 Å². The molecule has 2 heterocycles. The fourth-order valence-electron chi connectivity index (χ4n) is 2.88. The molecule has 0 amide bonds. The van der Waals surface area contributed by atoms with Crippen molar-refractivity contribution in [2.24, 2.45) is 5.73 Å². The van der Waals surface area contributed by atoms with Gasteiger partial charge in [0.2, 0.25) is 0 Å². The monoisotopic (exact) mass is 291 g/mol. The molecule has 0 spiro atoms. The first-order valence-corrected chi connectivity index (χ1v) is 7.61. The Morgan fingerprint density at radius 1 is 1.30 bits per heavy atom. The van der Waals surface area contributed by atoms with Gasteiger partial charge in [-0.1, -0.05) is 12.2 Å². The van der Waals surface area contributed by atoms with Crippen LogP contribution in [0.3, 0.4) is 0 Å². The van der Waals surface area contributed by atoms with Gasteiger partial charge >= 0.3 is 0 Å². The van der Waals surface area contributed by atoms with Crippen molar-refractivity contribution < 1.29 is 0 Å². The molecule has 108 valence electrons. The van der Waals surface area contributed by atoms with E-state index in [1.54, 1.807) is 0 Å². The number of nitrogens with two attached hydrogens (primary N) is 1. The van der Waals surface area contributed by atoms with Gasteiger partial charge in [-0.05, 0) is 38.7 Å². The zero-order valence-electron chi connectivity index (χ0n) is 12.0. The van der Waals surface area contributed by atoms with Crippen molar-refractivity contribution in [1.29, 1.82) is 0 Å². The van der Waals surface area contributed by atoms with Crippen molar-refractivity contribution in [3.63, 3.8) is 0 Å². The predicted octanol–water partition coefficient (Wildman–Crippen LogP) is 1.38. The highest BCUT2D eigenvalue weighted by Crippen LogP contribution is 2.31. The van der Waals surface area contributed by atoms with Crippen LogP contribution < -0.4 is 11.1 Å². The first-order chi connectivity index (χ1) is 9.56. The van der Waals surface area contributed by atoms with Gasteiger partial charge in [-0.25, -0.2) is 0 Å². The van der Waals surface area contributed by atoms with Gasteiger partial charge in [0.15, 0.2) is 5.82 Å². The Labute approximate surface area is 124 Å². The third-order valence-corrected chi connectivity index (χ3v) is 4.53. The second kappa shape index (κ2) is 5.26. The number of hydrogen-bond donors (Lipinski definition) is 2. The van der Waals surface area contributed by atoms with Gasteiger partial charge in [-0.15, -0.1) is 5.10 Å². The predicted molar refractivity (Wildman–Crippen MR) is 84.0 cm³/mol. The Bertz CT molecular complexity index is 541. The molecule has 1 aliphatic carbocycles. The molecule has 3 rings (SSSR count). The number of aryl methyl sites for hydroxylation is 1. The molecule has 0 radical (unpaired) electrons. The van der Waals surface area contributed by atoms with Crippen LogP contribution in [0.5, 0.6) is 0 Å². The summed E-state index contributed by atoms with van der Waals surface area (Å²) in [5, 5.41) is 11.9. The average molecular weight is 291 g/mol. The number of rotatable bonds is 4. The maximum absolute atomic E-state index is 5.86. The summed E-state index contributed by atoms with van der Waals surface area (Å²) in [6.07, 6.45) is 3.85. The molecule has 1 unspecified atom stereocenters. The largest absolute Gasteiger partial charge is 0.389 e. The molecule has 0 bridgehead atoms. The summed E-state index contributed by atoms with van der Waals surface area (Å²) in [5.41, 5.74) is 8.60. The SMILES string of the molecule is Cc1nnc(NC2CCN(C3CC3)C2)c(C(N)=S)c1C. The van der Waals surface area contributed by atoms with Crippen LogP contribution in [0.25, 0.3) is 0 Å². The molecular formula is C14H21N5S. The van der Waals surface area contributed by atoms with E-state index in [2.05, 4.69) is 20.4 Å². The van der Waals surface area contributed by atoms with Crippen LogP contribution in [0, 0.1) is 13.8 Å². The molecule has 1 aromatic rings. The van der Waals surface area contributed by atoms with Gasteiger partial charge in [-0.2, -0.15) is 5.10 Å². The highest BCUT2D eigenvalue weighted by atomic mass is 32.1. The third-order valence-electron chi connectivity index (χ3n) is 4.32. The molecule has 1 saturated heterocycles. The lowest BCUT2D eigenvalue weighted by Crippen LogP contribution is -2.29. The number of aromatic nitrogens is 2. The molecule has 1 aromatic heterocycles. The lowest BCUT2D eigenvalue weighted by molar-refractivity contribution is 0.326. The number of hydrogen-bond acceptors (Lipinski definition) is 5. The van der Waals surface area contributed by atoms with Crippen molar-refractivity contribution in [3.8, 4) is 0 Å². The van der Waals surface area contributed by atoms with E-state index in [0.29, 0.717) is 11.0 Å². The molecule has 1 atom stereocenters. The minimum absolute atomic E-state index is 0.389. The van der Waals surface area contributed by atoms with Gasteiger partial charge in [0.05, 0.1) is 11.3 Å². The van der Waals surface area contributed by atoms with Crippen LogP contribution in [0.4, 0.5) is 5.82 Å². The Balaban J connectivity index is 1.77. The maximum Gasteiger partial charge on any atom is 0.159 e. The van der Waals surface area contributed by atoms with Crippen molar-refractivity contribution in [2.45, 2.75) is 45.2 Å². The molecule has 3 N–H and O–H groups in total. The number of nitrogens with zero attached hydrogens (tertiary/aromatic N) is 3. The van der Waals surface area contributed by atoms with Crippen LogP contribution in [0.15, 0.2) is 0 Å². The lowest BCUT2D eigenvalue weighted by atomic mass is 10.1. The van der Waals surface area contributed by atoms with Crippen LogP contribution in [-0.4, -0.2) is 45.3 Å². The molecule has 2 aliphatic rings. The molecule has 2 fully saturated rings. The Hall–Kier alpha value is -1.27. The van der Waals surface area contributed by atoms with E-state index in [9.17, 15) is 0 Å². The summed E-state index contributed by atoms with van der Waals surface area (Å²) in [5.74, 6) is 0.739. The molecular weight excluding hydrogens is 270 g/mol. The fourth-order valence-corrected chi connectivity index (χ4v) is 3.13. The third kappa shape index (κ3) is 2.62. The maximum atomic E-state index is 5.86. The van der Waals surface area contributed by atoms with Crippen LogP contribution in [0.2, 0.25) is 0 Å². The van der Waals surface area contributed by atoms with E-state index < -0.39 is 0 Å². The molecule has 5 nitrogen and oxygen atoms in total. The second-order valence-electron chi connectivity index (χ2n) is 5.85. The quantitative estimate of drug-likeness (QED) is 0.817. The average Bonchev–Trinajstić information content (AvgIpc) is 3.15. The zero-order chi connectivity index (χ0) is 14.3. The summed E-state index contributed by atoms with van der Waals surface area (Å²) in [6.45, 7) is 6.17. The smallest absolute Gasteiger partial charge is 0.159 e. The normalized spacial score (nSPS) is 23.0. The minimum Gasteiger partial charge on any atom is -0.389 e. The number of likely N-dealkylation sites (tertiary alicyclic amines) is 1. The molecule has 0 aromatic carbocycles. The second-order valence-corrected chi connectivity index (χ2v) is 6.29. The summed E-state index contributed by atoms with van der Waals surface area (Å²) < 4.78 is 0. The molecule has 1 saturated carbocycles. The van der Waals surface area contributed by atoms with Crippen molar-refractivity contribution >= 4 is 23.0 Å². The highest BCUT2D eigenvalue weighted by molar-refractivity contribution is 7.80. The first-order valence-electron chi connectivity index (χ1n) is 7.20. The Morgan fingerprint density at radius 3 is 2.70 bits per heavy atom. The van der Waals surface area contributed by atoms with E-state index >= 15 is 0 Å². The van der Waals surface area contributed by atoms with Gasteiger partial charge in [0.1, 0.15) is 4.99 Å². The van der Waals surface area contributed by atoms with Crippen LogP contribution in [0.1, 0.15) is 36.1 Å². The van der Waals surface area contributed by atoms with E-state index in [4.69, 9.17) is 18.0 Å². The number of nitrogens with one attached hydrogen (secondary N) is 1. The van der Waals surface area contributed by atoms with Crippen molar-refractivity contribution in [3.05, 3.63) is 16.8 Å². The van der Waals surface area contributed by atoms with Crippen molar-refractivity contribution in [2.75, 3.05) is 18.4 Å². The molecule has 1 aliphatic heterocycles. The summed E-state index contributed by atoms with van der Waals surface area (Å²) >= 11 is 5.17. The van der Waals surface area contributed by atoms with Crippen molar-refractivity contribution in [1.82, 2.24) is 15.1 Å². The van der Waals surface area contributed by atoms with Gasteiger partial charge in [0.25, 0.3) is 0 Å².